The summed E-state index contributed by atoms with van der Waals surface area (Å²) in [6, 6.07) is 1.96. The molecule has 0 unspecified atom stereocenters. The number of nitrogens with zero attached hydrogens (tertiary/aromatic N) is 2. The Bertz CT molecular complexity index is 263. The first-order valence-electron chi connectivity index (χ1n) is 3.97. The molecule has 0 atom stereocenters. The van der Waals surface area contributed by atoms with Crippen LogP contribution < -0.4 is 5.73 Å². The van der Waals surface area contributed by atoms with Crippen LogP contribution in [0.5, 0.6) is 0 Å². The number of nitrogens with two attached hydrogens (primary N) is 1. The Hall–Kier alpha value is -1.12. The summed E-state index contributed by atoms with van der Waals surface area (Å²) >= 11 is 4.71. The summed E-state index contributed by atoms with van der Waals surface area (Å²) in [5.41, 5.74) is 5.71. The summed E-state index contributed by atoms with van der Waals surface area (Å²) < 4.78 is 5.16. The van der Waals surface area contributed by atoms with Crippen molar-refractivity contribution in [3.8, 4) is 6.07 Å². The Balaban J connectivity index is 2.61. The van der Waals surface area contributed by atoms with Gasteiger partial charge in [0.1, 0.15) is 16.6 Å². The number of hydrogen-bond donors (Lipinski definition) is 1. The van der Waals surface area contributed by atoms with Gasteiger partial charge in [0.15, 0.2) is 0 Å². The third-order valence-electron chi connectivity index (χ3n) is 1.74. The first-order chi connectivity index (χ1) is 6.24. The molecule has 0 aliphatic carbocycles. The van der Waals surface area contributed by atoms with Crippen molar-refractivity contribution in [2.75, 3.05) is 26.3 Å². The molecule has 0 radical (unpaired) electrons. The summed E-state index contributed by atoms with van der Waals surface area (Å²) in [5, 5.41) is 8.68. The monoisotopic (exact) mass is 197 g/mol. The van der Waals surface area contributed by atoms with E-state index >= 15 is 0 Å². The summed E-state index contributed by atoms with van der Waals surface area (Å²) in [6.07, 6.45) is 1.70. The van der Waals surface area contributed by atoms with E-state index in [4.69, 9.17) is 28.0 Å². The van der Waals surface area contributed by atoms with E-state index in [1.807, 2.05) is 11.0 Å². The number of morpholine rings is 1. The Morgan fingerprint density at radius 1 is 1.54 bits per heavy atom. The van der Waals surface area contributed by atoms with Gasteiger partial charge < -0.3 is 15.4 Å². The predicted molar refractivity (Wildman–Crippen MR) is 52.9 cm³/mol. The second kappa shape index (κ2) is 4.80. The maximum absolute atomic E-state index is 8.68. The molecule has 0 amide bonds. The van der Waals surface area contributed by atoms with Gasteiger partial charge in [0.05, 0.1) is 13.2 Å². The molecule has 4 nitrogen and oxygen atoms in total. The molecule has 0 spiro atoms. The average molecular weight is 197 g/mol. The van der Waals surface area contributed by atoms with Crippen molar-refractivity contribution in [3.05, 3.63) is 11.8 Å². The van der Waals surface area contributed by atoms with Crippen molar-refractivity contribution in [2.24, 2.45) is 5.73 Å². The first-order valence-corrected chi connectivity index (χ1v) is 4.38. The van der Waals surface area contributed by atoms with Crippen LogP contribution in [0, 0.1) is 11.3 Å². The molecule has 1 fully saturated rings. The lowest BCUT2D eigenvalue weighted by atomic mass is 10.3. The molecule has 0 aromatic heterocycles. The zero-order chi connectivity index (χ0) is 9.68. The smallest absolute Gasteiger partial charge is 0.116 e. The van der Waals surface area contributed by atoms with Crippen molar-refractivity contribution >= 4 is 17.2 Å². The quantitative estimate of drug-likeness (QED) is 0.384. The summed E-state index contributed by atoms with van der Waals surface area (Å²) in [6.45, 7) is 2.95. The highest BCUT2D eigenvalue weighted by molar-refractivity contribution is 7.80. The van der Waals surface area contributed by atoms with E-state index < -0.39 is 0 Å². The molecule has 13 heavy (non-hydrogen) atoms. The molecule has 5 heteroatoms. The molecule has 1 heterocycles. The molecule has 70 valence electrons. The Kier molecular flexibility index (Phi) is 3.68. The third kappa shape index (κ3) is 3.01. The topological polar surface area (TPSA) is 62.3 Å². The van der Waals surface area contributed by atoms with Crippen LogP contribution >= 0.6 is 12.2 Å². The van der Waals surface area contributed by atoms with E-state index in [0.717, 1.165) is 13.1 Å². The number of rotatable bonds is 2. The second-order valence-electron chi connectivity index (χ2n) is 2.67. The van der Waals surface area contributed by atoms with Gasteiger partial charge in [-0.05, 0) is 0 Å². The molecule has 0 bridgehead atoms. The Labute approximate surface area is 82.6 Å². The van der Waals surface area contributed by atoms with Gasteiger partial charge in [-0.1, -0.05) is 12.2 Å². The van der Waals surface area contributed by atoms with E-state index in [1.54, 1.807) is 6.20 Å². The van der Waals surface area contributed by atoms with Crippen LogP contribution in [0.25, 0.3) is 0 Å². The lowest BCUT2D eigenvalue weighted by Crippen LogP contribution is -2.33. The van der Waals surface area contributed by atoms with Gasteiger partial charge in [0.2, 0.25) is 0 Å². The van der Waals surface area contributed by atoms with Crippen LogP contribution in [0.1, 0.15) is 0 Å². The summed E-state index contributed by atoms with van der Waals surface area (Å²) in [5.74, 6) is 0. The van der Waals surface area contributed by atoms with Gasteiger partial charge in [-0.2, -0.15) is 5.26 Å². The third-order valence-corrected chi connectivity index (χ3v) is 1.96. The molecule has 1 rings (SSSR count). The van der Waals surface area contributed by atoms with Gasteiger partial charge >= 0.3 is 0 Å². The van der Waals surface area contributed by atoms with E-state index in [1.165, 1.54) is 0 Å². The first kappa shape index (κ1) is 9.96. The molecule has 0 aromatic carbocycles. The van der Waals surface area contributed by atoms with Gasteiger partial charge in [0.25, 0.3) is 0 Å². The molecule has 2 N–H and O–H groups in total. The summed E-state index contributed by atoms with van der Waals surface area (Å²) in [4.78, 5) is 2.13. The van der Waals surface area contributed by atoms with Crippen LogP contribution in [-0.4, -0.2) is 36.2 Å². The van der Waals surface area contributed by atoms with Gasteiger partial charge in [-0.3, -0.25) is 0 Å². The Morgan fingerprint density at radius 3 is 2.62 bits per heavy atom. The maximum Gasteiger partial charge on any atom is 0.116 e. The molecule has 0 aromatic rings. The number of ether oxygens (including phenoxy) is 1. The Morgan fingerprint density at radius 2 is 2.15 bits per heavy atom. The highest BCUT2D eigenvalue weighted by Crippen LogP contribution is 2.01. The van der Waals surface area contributed by atoms with E-state index in [-0.39, 0.29) is 4.99 Å². The predicted octanol–water partition coefficient (Wildman–Crippen LogP) is 0.0122. The van der Waals surface area contributed by atoms with E-state index in [9.17, 15) is 0 Å². The number of hydrogen-bond acceptors (Lipinski definition) is 4. The fourth-order valence-electron chi connectivity index (χ4n) is 1.04. The normalized spacial score (nSPS) is 18.1. The standard InChI is InChI=1S/C8H11N3OS/c9-5-7(8(10)13)6-11-1-3-12-4-2-11/h6H,1-4H2,(H2,10,13)/b7-6-. The number of thiocarbonyl (C=S) groups is 1. The van der Waals surface area contributed by atoms with Crippen molar-refractivity contribution in [2.45, 2.75) is 0 Å². The minimum Gasteiger partial charge on any atom is -0.389 e. The zero-order valence-electron chi connectivity index (χ0n) is 7.19. The van der Waals surface area contributed by atoms with Crippen LogP contribution in [-0.2, 0) is 4.74 Å². The van der Waals surface area contributed by atoms with Crippen LogP contribution in [0.2, 0.25) is 0 Å². The number of nitriles is 1. The highest BCUT2D eigenvalue weighted by atomic mass is 32.1. The molecule has 1 aliphatic rings. The van der Waals surface area contributed by atoms with Gasteiger partial charge in [-0.15, -0.1) is 0 Å². The van der Waals surface area contributed by atoms with E-state index in [0.29, 0.717) is 18.8 Å². The lowest BCUT2D eigenvalue weighted by Gasteiger charge is -2.25. The SMILES string of the molecule is N#C/C(=C/N1CCOCC1)C(N)=S. The molecular formula is C8H11N3OS. The fraction of sp³-hybridized carbons (Fsp3) is 0.500. The molecule has 1 saturated heterocycles. The zero-order valence-corrected chi connectivity index (χ0v) is 8.01. The summed E-state index contributed by atoms with van der Waals surface area (Å²) in [7, 11) is 0. The van der Waals surface area contributed by atoms with Gasteiger partial charge in [-0.25, -0.2) is 0 Å². The minimum atomic E-state index is 0.147. The van der Waals surface area contributed by atoms with Crippen molar-refractivity contribution < 1.29 is 4.74 Å². The van der Waals surface area contributed by atoms with Crippen LogP contribution in [0.4, 0.5) is 0 Å². The largest absolute Gasteiger partial charge is 0.389 e. The second-order valence-corrected chi connectivity index (χ2v) is 3.11. The maximum atomic E-state index is 8.68. The molecule has 0 saturated carbocycles. The lowest BCUT2D eigenvalue weighted by molar-refractivity contribution is 0.0593. The fourth-order valence-corrected chi connectivity index (χ4v) is 1.14. The van der Waals surface area contributed by atoms with E-state index in [2.05, 4.69) is 0 Å². The van der Waals surface area contributed by atoms with Crippen LogP contribution in [0.3, 0.4) is 0 Å². The average Bonchev–Trinajstić information content (AvgIpc) is 2.15. The highest BCUT2D eigenvalue weighted by Gasteiger charge is 2.08. The van der Waals surface area contributed by atoms with Crippen LogP contribution in [0.15, 0.2) is 11.8 Å². The minimum absolute atomic E-state index is 0.147. The molecule has 1 aliphatic heterocycles. The molecular weight excluding hydrogens is 186 g/mol. The van der Waals surface area contributed by atoms with Crippen molar-refractivity contribution in [3.63, 3.8) is 0 Å². The van der Waals surface area contributed by atoms with Crippen molar-refractivity contribution in [1.82, 2.24) is 4.90 Å². The van der Waals surface area contributed by atoms with Crippen molar-refractivity contribution in [1.29, 1.82) is 5.26 Å². The van der Waals surface area contributed by atoms with Gasteiger partial charge in [0, 0.05) is 19.3 Å².